The van der Waals surface area contributed by atoms with Gasteiger partial charge in [0.15, 0.2) is 0 Å². The Kier molecular flexibility index (Phi) is 6.67. The van der Waals surface area contributed by atoms with Crippen molar-refractivity contribution in [2.24, 2.45) is 0 Å². The molecule has 5 nitrogen and oxygen atoms in total. The predicted molar refractivity (Wildman–Crippen MR) is 106 cm³/mol. The smallest absolute Gasteiger partial charge is 0.416 e. The molecular weight excluding hydrogens is 397 g/mol. The highest BCUT2D eigenvalue weighted by Gasteiger charge is 2.31. The number of rotatable bonds is 6. The van der Waals surface area contributed by atoms with Gasteiger partial charge >= 0.3 is 6.18 Å². The second kappa shape index (κ2) is 9.06. The van der Waals surface area contributed by atoms with Gasteiger partial charge in [-0.25, -0.2) is 0 Å². The topological polar surface area (TPSA) is 64.0 Å². The number of likely N-dealkylation sites (N-methyl/N-ethyl adjacent to an activating group) is 1. The SMILES string of the molecule is CN(C(=O)Cc1cccc(C(F)(F)F)c1)C(CN1CCC(O)C1)c1cccc(O)c1. The molecule has 1 aliphatic rings. The number of aliphatic hydroxyl groups is 1. The maximum atomic E-state index is 13.0. The van der Waals surface area contributed by atoms with Crippen molar-refractivity contribution < 1.29 is 28.2 Å². The van der Waals surface area contributed by atoms with E-state index < -0.39 is 23.9 Å². The van der Waals surface area contributed by atoms with Crippen LogP contribution in [0.5, 0.6) is 5.75 Å². The van der Waals surface area contributed by atoms with Crippen LogP contribution >= 0.6 is 0 Å². The number of phenolic OH excluding ortho intramolecular Hbond substituents is 1. The third-order valence-electron chi connectivity index (χ3n) is 5.40. The molecule has 0 spiro atoms. The molecule has 0 radical (unpaired) electrons. The number of benzene rings is 2. The van der Waals surface area contributed by atoms with E-state index in [1.807, 2.05) is 4.90 Å². The summed E-state index contributed by atoms with van der Waals surface area (Å²) in [5.41, 5.74) is 0.218. The van der Waals surface area contributed by atoms with E-state index in [-0.39, 0.29) is 23.6 Å². The van der Waals surface area contributed by atoms with Crippen molar-refractivity contribution in [2.75, 3.05) is 26.7 Å². The Morgan fingerprint density at radius 2 is 1.97 bits per heavy atom. The van der Waals surface area contributed by atoms with Crippen molar-refractivity contribution in [3.8, 4) is 5.75 Å². The first-order valence-electron chi connectivity index (χ1n) is 9.74. The molecule has 0 aromatic heterocycles. The molecule has 2 aromatic carbocycles. The molecule has 30 heavy (non-hydrogen) atoms. The molecule has 2 N–H and O–H groups in total. The quantitative estimate of drug-likeness (QED) is 0.751. The minimum atomic E-state index is -4.47. The zero-order valence-corrected chi connectivity index (χ0v) is 16.6. The zero-order valence-electron chi connectivity index (χ0n) is 16.6. The molecule has 8 heteroatoms. The second-order valence-electron chi connectivity index (χ2n) is 7.69. The summed E-state index contributed by atoms with van der Waals surface area (Å²) >= 11 is 0. The number of phenols is 1. The van der Waals surface area contributed by atoms with Crippen LogP contribution in [0.2, 0.25) is 0 Å². The molecule has 1 saturated heterocycles. The number of aromatic hydroxyl groups is 1. The maximum absolute atomic E-state index is 13.0. The fourth-order valence-electron chi connectivity index (χ4n) is 3.74. The first-order chi connectivity index (χ1) is 14.1. The number of carbonyl (C=O) groups excluding carboxylic acids is 1. The van der Waals surface area contributed by atoms with E-state index in [1.54, 1.807) is 25.2 Å². The van der Waals surface area contributed by atoms with Crippen molar-refractivity contribution in [2.45, 2.75) is 31.2 Å². The number of amides is 1. The Balaban J connectivity index is 1.79. The number of hydrogen-bond acceptors (Lipinski definition) is 4. The Bertz CT molecular complexity index is 888. The van der Waals surface area contributed by atoms with Crippen LogP contribution in [0.3, 0.4) is 0 Å². The van der Waals surface area contributed by atoms with Gasteiger partial charge in [0, 0.05) is 26.7 Å². The second-order valence-corrected chi connectivity index (χ2v) is 7.69. The van der Waals surface area contributed by atoms with Crippen LogP contribution in [0.4, 0.5) is 13.2 Å². The molecule has 2 aromatic rings. The van der Waals surface area contributed by atoms with Crippen LogP contribution < -0.4 is 0 Å². The van der Waals surface area contributed by atoms with Crippen LogP contribution in [0, 0.1) is 0 Å². The van der Waals surface area contributed by atoms with Gasteiger partial charge in [-0.3, -0.25) is 9.69 Å². The van der Waals surface area contributed by atoms with E-state index in [2.05, 4.69) is 0 Å². The average Bonchev–Trinajstić information content (AvgIpc) is 3.10. The van der Waals surface area contributed by atoms with E-state index >= 15 is 0 Å². The van der Waals surface area contributed by atoms with Crippen molar-refractivity contribution in [1.29, 1.82) is 0 Å². The number of aliphatic hydroxyl groups excluding tert-OH is 1. The third kappa shape index (κ3) is 5.52. The fraction of sp³-hybridized carbons (Fsp3) is 0.409. The Morgan fingerprint density at radius 1 is 1.23 bits per heavy atom. The molecular formula is C22H25F3N2O3. The van der Waals surface area contributed by atoms with Crippen LogP contribution in [-0.2, 0) is 17.4 Å². The first kappa shape index (κ1) is 22.1. The first-order valence-corrected chi connectivity index (χ1v) is 9.74. The standard InChI is InChI=1S/C22H25F3N2O3/c1-26(21(30)11-15-4-2-6-17(10-15)22(23,24)25)20(14-27-9-8-19(29)13-27)16-5-3-7-18(28)12-16/h2-7,10,12,19-20,28-29H,8-9,11,13-14H2,1H3. The number of β-amino-alcohol motifs (C(OH)–C–C–N with tert-alkyl or cyclic N) is 1. The number of likely N-dealkylation sites (tertiary alicyclic amines) is 1. The number of nitrogens with zero attached hydrogens (tertiary/aromatic N) is 2. The highest BCUT2D eigenvalue weighted by atomic mass is 19.4. The highest BCUT2D eigenvalue weighted by molar-refractivity contribution is 5.79. The van der Waals surface area contributed by atoms with Gasteiger partial charge in [-0.2, -0.15) is 13.2 Å². The zero-order chi connectivity index (χ0) is 21.9. The molecule has 1 fully saturated rings. The van der Waals surface area contributed by atoms with Crippen molar-refractivity contribution in [3.05, 3.63) is 65.2 Å². The molecule has 0 bridgehead atoms. The lowest BCUT2D eigenvalue weighted by Crippen LogP contribution is -2.39. The van der Waals surface area contributed by atoms with Crippen molar-refractivity contribution in [3.63, 3.8) is 0 Å². The van der Waals surface area contributed by atoms with E-state index in [0.29, 0.717) is 26.1 Å². The minimum absolute atomic E-state index is 0.0673. The summed E-state index contributed by atoms with van der Waals surface area (Å²) in [7, 11) is 1.61. The monoisotopic (exact) mass is 422 g/mol. The summed E-state index contributed by atoms with van der Waals surface area (Å²) in [6.07, 6.45) is -4.40. The summed E-state index contributed by atoms with van der Waals surface area (Å²) in [5.74, 6) is -0.264. The average molecular weight is 422 g/mol. The largest absolute Gasteiger partial charge is 0.508 e. The summed E-state index contributed by atoms with van der Waals surface area (Å²) in [5, 5.41) is 19.7. The number of alkyl halides is 3. The molecule has 1 heterocycles. The highest BCUT2D eigenvalue weighted by Crippen LogP contribution is 2.30. The van der Waals surface area contributed by atoms with Gasteiger partial charge in [0.05, 0.1) is 24.1 Å². The molecule has 1 aliphatic heterocycles. The predicted octanol–water partition coefficient (Wildman–Crippen LogP) is 3.22. The Hall–Kier alpha value is -2.58. The Morgan fingerprint density at radius 3 is 2.60 bits per heavy atom. The van der Waals surface area contributed by atoms with E-state index in [9.17, 15) is 28.2 Å². The number of carbonyl (C=O) groups is 1. The molecule has 0 saturated carbocycles. The summed E-state index contributed by atoms with van der Waals surface area (Å²) in [6.45, 7) is 1.63. The van der Waals surface area contributed by atoms with Crippen LogP contribution in [0.15, 0.2) is 48.5 Å². The normalized spacial score (nSPS) is 18.4. The van der Waals surface area contributed by atoms with Crippen LogP contribution in [0.1, 0.15) is 29.2 Å². The van der Waals surface area contributed by atoms with Crippen molar-refractivity contribution in [1.82, 2.24) is 9.80 Å². The molecule has 3 rings (SSSR count). The summed E-state index contributed by atoms with van der Waals surface area (Å²) in [6, 6.07) is 10.9. The van der Waals surface area contributed by atoms with E-state index in [0.717, 1.165) is 17.7 Å². The van der Waals surface area contributed by atoms with Gasteiger partial charge in [0.2, 0.25) is 5.91 Å². The summed E-state index contributed by atoms with van der Waals surface area (Å²) in [4.78, 5) is 16.5. The van der Waals surface area contributed by atoms with Gasteiger partial charge in [-0.15, -0.1) is 0 Å². The third-order valence-corrected chi connectivity index (χ3v) is 5.40. The van der Waals surface area contributed by atoms with E-state index in [1.165, 1.54) is 23.1 Å². The van der Waals surface area contributed by atoms with E-state index in [4.69, 9.17) is 0 Å². The molecule has 0 aliphatic carbocycles. The minimum Gasteiger partial charge on any atom is -0.508 e. The van der Waals surface area contributed by atoms with Gasteiger partial charge in [-0.1, -0.05) is 30.3 Å². The fourth-order valence-corrected chi connectivity index (χ4v) is 3.74. The van der Waals surface area contributed by atoms with Gasteiger partial charge < -0.3 is 15.1 Å². The Labute approximate surface area is 173 Å². The van der Waals surface area contributed by atoms with Gasteiger partial charge in [0.1, 0.15) is 5.75 Å². The molecule has 162 valence electrons. The lowest BCUT2D eigenvalue weighted by molar-refractivity contribution is -0.138. The van der Waals surface area contributed by atoms with Crippen LogP contribution in [0.25, 0.3) is 0 Å². The molecule has 2 atom stereocenters. The number of halogens is 3. The lowest BCUT2D eigenvalue weighted by Gasteiger charge is -2.32. The van der Waals surface area contributed by atoms with Gasteiger partial charge in [-0.05, 0) is 35.7 Å². The van der Waals surface area contributed by atoms with Crippen molar-refractivity contribution >= 4 is 5.91 Å². The summed E-state index contributed by atoms with van der Waals surface area (Å²) < 4.78 is 38.9. The van der Waals surface area contributed by atoms with Gasteiger partial charge in [0.25, 0.3) is 0 Å². The maximum Gasteiger partial charge on any atom is 0.416 e. The molecule has 2 unspecified atom stereocenters. The van der Waals surface area contributed by atoms with Crippen LogP contribution in [-0.4, -0.2) is 58.7 Å². The lowest BCUT2D eigenvalue weighted by atomic mass is 10.0. The number of hydrogen-bond donors (Lipinski definition) is 2. The molecule has 1 amide bonds.